The van der Waals surface area contributed by atoms with Crippen LogP contribution in [0.2, 0.25) is 0 Å². The molecule has 1 aliphatic heterocycles. The molecule has 0 bridgehead atoms. The van der Waals surface area contributed by atoms with Gasteiger partial charge in [-0.2, -0.15) is 13.2 Å². The Kier molecular flexibility index (Phi) is 5.10. The molecule has 1 atom stereocenters. The summed E-state index contributed by atoms with van der Waals surface area (Å²) >= 11 is 0. The number of benzene rings is 1. The number of rotatable bonds is 3. The molecular weight excluding hydrogens is 395 g/mol. The predicted molar refractivity (Wildman–Crippen MR) is 93.7 cm³/mol. The van der Waals surface area contributed by atoms with Crippen molar-refractivity contribution in [2.45, 2.75) is 19.2 Å². The van der Waals surface area contributed by atoms with Crippen molar-refractivity contribution in [1.29, 1.82) is 0 Å². The molecule has 0 aliphatic carbocycles. The molecule has 1 aromatic heterocycles. The molecule has 1 aromatic carbocycles. The number of esters is 1. The van der Waals surface area contributed by atoms with E-state index in [4.69, 9.17) is 10.5 Å². The van der Waals surface area contributed by atoms with Crippen molar-refractivity contribution in [2.75, 3.05) is 22.5 Å². The summed E-state index contributed by atoms with van der Waals surface area (Å²) in [5.74, 6) is -2.70. The summed E-state index contributed by atoms with van der Waals surface area (Å²) in [4.78, 5) is 45.1. The maximum absolute atomic E-state index is 12.9. The van der Waals surface area contributed by atoms with Gasteiger partial charge in [-0.3, -0.25) is 14.5 Å². The Morgan fingerprint density at radius 3 is 2.62 bits per heavy atom. The first-order valence-electron chi connectivity index (χ1n) is 8.18. The summed E-state index contributed by atoms with van der Waals surface area (Å²) < 4.78 is 43.7. The second kappa shape index (κ2) is 7.37. The molecule has 0 fully saturated rings. The Labute approximate surface area is 161 Å². The van der Waals surface area contributed by atoms with E-state index >= 15 is 0 Å². The average Bonchev–Trinajstić information content (AvgIpc) is 2.65. The minimum atomic E-state index is -4.62. The van der Waals surface area contributed by atoms with Crippen LogP contribution in [0.4, 0.5) is 30.4 Å². The third-order valence-electron chi connectivity index (χ3n) is 4.01. The van der Waals surface area contributed by atoms with E-state index in [-0.39, 0.29) is 22.9 Å². The van der Waals surface area contributed by atoms with Crippen molar-refractivity contribution in [3.05, 3.63) is 41.9 Å². The summed E-state index contributed by atoms with van der Waals surface area (Å²) in [5.41, 5.74) is 4.12. The lowest BCUT2D eigenvalue weighted by Gasteiger charge is -2.31. The highest BCUT2D eigenvalue weighted by atomic mass is 19.4. The number of aromatic nitrogens is 2. The van der Waals surface area contributed by atoms with E-state index in [9.17, 15) is 27.6 Å². The number of amides is 2. The molecule has 12 heteroatoms. The molecule has 0 spiro atoms. The molecule has 3 N–H and O–H groups in total. The number of fused-ring (bicyclic) bond motifs is 1. The molecule has 0 saturated carbocycles. The predicted octanol–water partition coefficient (Wildman–Crippen LogP) is 1.61. The second-order valence-electron chi connectivity index (χ2n) is 6.04. The Morgan fingerprint density at radius 1 is 1.28 bits per heavy atom. The number of halogens is 3. The van der Waals surface area contributed by atoms with Gasteiger partial charge in [0.05, 0.1) is 16.9 Å². The molecule has 29 heavy (non-hydrogen) atoms. The van der Waals surface area contributed by atoms with Gasteiger partial charge >= 0.3 is 12.1 Å². The van der Waals surface area contributed by atoms with Crippen molar-refractivity contribution in [3.8, 4) is 0 Å². The largest absolute Gasteiger partial charge is 0.448 e. The van der Waals surface area contributed by atoms with Crippen LogP contribution in [0.3, 0.4) is 0 Å². The number of anilines is 3. The number of alkyl halides is 3. The van der Waals surface area contributed by atoms with Gasteiger partial charge in [-0.25, -0.2) is 14.8 Å². The summed E-state index contributed by atoms with van der Waals surface area (Å²) in [7, 11) is 0. The number of carbonyl (C=O) groups is 3. The topological polar surface area (TPSA) is 128 Å². The van der Waals surface area contributed by atoms with Crippen molar-refractivity contribution < 1.29 is 32.3 Å². The summed E-state index contributed by atoms with van der Waals surface area (Å²) in [6.07, 6.45) is -3.52. The summed E-state index contributed by atoms with van der Waals surface area (Å²) in [5, 5.41) is 2.29. The highest BCUT2D eigenvalue weighted by molar-refractivity contribution is 6.11. The van der Waals surface area contributed by atoms with Crippen molar-refractivity contribution >= 4 is 35.0 Å². The SMILES string of the molecule is C[C@H](OC(=O)c1nccnc1N)C(=O)N1CC(=O)Nc2cc(C(F)(F)F)ccc21. The fourth-order valence-corrected chi connectivity index (χ4v) is 2.66. The zero-order valence-corrected chi connectivity index (χ0v) is 14.9. The molecule has 2 amide bonds. The first-order chi connectivity index (χ1) is 13.6. The van der Waals surface area contributed by atoms with Gasteiger partial charge in [-0.05, 0) is 25.1 Å². The number of nitrogens with two attached hydrogens (primary N) is 1. The monoisotopic (exact) mass is 409 g/mol. The highest BCUT2D eigenvalue weighted by Gasteiger charge is 2.36. The normalized spacial score (nSPS) is 14.6. The number of ether oxygens (including phenoxy) is 1. The van der Waals surface area contributed by atoms with E-state index in [1.54, 1.807) is 0 Å². The van der Waals surface area contributed by atoms with Crippen LogP contribution >= 0.6 is 0 Å². The maximum Gasteiger partial charge on any atom is 0.416 e. The molecule has 0 radical (unpaired) electrons. The van der Waals surface area contributed by atoms with Gasteiger partial charge in [0, 0.05) is 12.4 Å². The van der Waals surface area contributed by atoms with E-state index < -0.39 is 42.2 Å². The minimum Gasteiger partial charge on any atom is -0.448 e. The zero-order valence-electron chi connectivity index (χ0n) is 14.9. The number of nitrogens with zero attached hydrogens (tertiary/aromatic N) is 3. The lowest BCUT2D eigenvalue weighted by molar-refractivity contribution is -0.137. The number of carbonyl (C=O) groups excluding carboxylic acids is 3. The molecule has 9 nitrogen and oxygen atoms in total. The second-order valence-corrected chi connectivity index (χ2v) is 6.04. The average molecular weight is 409 g/mol. The summed E-state index contributed by atoms with van der Waals surface area (Å²) in [6, 6.07) is 2.57. The molecule has 1 aliphatic rings. The molecule has 2 aromatic rings. The van der Waals surface area contributed by atoms with Crippen LogP contribution in [0, 0.1) is 0 Å². The van der Waals surface area contributed by atoms with E-state index in [1.807, 2.05) is 0 Å². The molecular formula is C17H14F3N5O4. The van der Waals surface area contributed by atoms with Gasteiger partial charge in [0.2, 0.25) is 5.91 Å². The van der Waals surface area contributed by atoms with Gasteiger partial charge < -0.3 is 15.8 Å². The van der Waals surface area contributed by atoms with Crippen LogP contribution in [0.1, 0.15) is 23.0 Å². The quantitative estimate of drug-likeness (QED) is 0.737. The molecule has 0 saturated heterocycles. The van der Waals surface area contributed by atoms with Crippen LogP contribution in [-0.2, 0) is 20.5 Å². The van der Waals surface area contributed by atoms with Crippen molar-refractivity contribution in [1.82, 2.24) is 9.97 Å². The van der Waals surface area contributed by atoms with Gasteiger partial charge in [-0.1, -0.05) is 0 Å². The van der Waals surface area contributed by atoms with Gasteiger partial charge in [0.1, 0.15) is 6.54 Å². The highest BCUT2D eigenvalue weighted by Crippen LogP contribution is 2.37. The smallest absolute Gasteiger partial charge is 0.416 e. The minimum absolute atomic E-state index is 0.0458. The Hall–Kier alpha value is -3.70. The molecule has 0 unspecified atom stereocenters. The zero-order chi connectivity index (χ0) is 21.3. The maximum atomic E-state index is 12.9. The molecule has 3 rings (SSSR count). The molecule has 2 heterocycles. The number of hydrogen-bond acceptors (Lipinski definition) is 7. The third-order valence-corrected chi connectivity index (χ3v) is 4.01. The molecule has 152 valence electrons. The third kappa shape index (κ3) is 4.10. The van der Waals surface area contributed by atoms with Crippen LogP contribution < -0.4 is 16.0 Å². The Morgan fingerprint density at radius 2 is 1.97 bits per heavy atom. The standard InChI is InChI=1S/C17H14F3N5O4/c1-8(29-16(28)13-14(21)23-5-4-22-13)15(27)25-7-12(26)24-10-6-9(17(18,19)20)2-3-11(10)25/h2-6,8H,7H2,1H3,(H2,21,23)(H,24,26)/t8-/m0/s1. The van der Waals surface area contributed by atoms with Crippen LogP contribution in [0.5, 0.6) is 0 Å². The van der Waals surface area contributed by atoms with Crippen molar-refractivity contribution in [2.24, 2.45) is 0 Å². The van der Waals surface area contributed by atoms with Crippen LogP contribution in [-0.4, -0.2) is 40.4 Å². The number of nitrogens with one attached hydrogen (secondary N) is 1. The summed E-state index contributed by atoms with van der Waals surface area (Å²) in [6.45, 7) is 0.801. The first kappa shape index (κ1) is 20.0. The van der Waals surface area contributed by atoms with Gasteiger partial charge in [-0.15, -0.1) is 0 Å². The lowest BCUT2D eigenvalue weighted by Crippen LogP contribution is -2.47. The van der Waals surface area contributed by atoms with E-state index in [1.165, 1.54) is 19.3 Å². The number of nitrogen functional groups attached to an aromatic ring is 1. The lowest BCUT2D eigenvalue weighted by atomic mass is 10.1. The van der Waals surface area contributed by atoms with E-state index in [2.05, 4.69) is 15.3 Å². The van der Waals surface area contributed by atoms with Crippen molar-refractivity contribution in [3.63, 3.8) is 0 Å². The fraction of sp³-hybridized carbons (Fsp3) is 0.235. The van der Waals surface area contributed by atoms with Crippen LogP contribution in [0.15, 0.2) is 30.6 Å². The first-order valence-corrected chi connectivity index (χ1v) is 8.18. The van der Waals surface area contributed by atoms with E-state index in [0.717, 1.165) is 23.1 Å². The fourth-order valence-electron chi connectivity index (χ4n) is 2.66. The number of hydrogen-bond donors (Lipinski definition) is 2. The van der Waals surface area contributed by atoms with Crippen LogP contribution in [0.25, 0.3) is 0 Å². The van der Waals surface area contributed by atoms with Gasteiger partial charge in [0.15, 0.2) is 17.6 Å². The van der Waals surface area contributed by atoms with Gasteiger partial charge in [0.25, 0.3) is 5.91 Å². The van der Waals surface area contributed by atoms with E-state index in [0.29, 0.717) is 0 Å². The Bertz CT molecular complexity index is 995. The Balaban J connectivity index is 1.83.